The highest BCUT2D eigenvalue weighted by molar-refractivity contribution is 9.10. The molecule has 0 aliphatic carbocycles. The Bertz CT molecular complexity index is 1030. The van der Waals surface area contributed by atoms with Crippen molar-refractivity contribution in [2.75, 3.05) is 20.7 Å². The largest absolute Gasteiger partial charge is 0.490 e. The molecule has 2 aromatic rings. The molecule has 0 N–H and O–H groups in total. The molecule has 0 spiro atoms. The van der Waals surface area contributed by atoms with Crippen molar-refractivity contribution in [1.82, 2.24) is 4.90 Å². The first-order valence-corrected chi connectivity index (χ1v) is 9.72. The van der Waals surface area contributed by atoms with Crippen molar-refractivity contribution < 1.29 is 19.2 Å². The third kappa shape index (κ3) is 5.81. The molecule has 0 aromatic heterocycles. The number of amides is 1. The number of nitro groups is 1. The lowest BCUT2D eigenvalue weighted by Gasteiger charge is -2.15. The summed E-state index contributed by atoms with van der Waals surface area (Å²) < 4.78 is 12.1. The van der Waals surface area contributed by atoms with Crippen LogP contribution >= 0.6 is 15.9 Å². The number of ether oxygens (including phenoxy) is 2. The standard InChI is InChI=1S/C21H20BrN3O5/c1-4-29-19-11-15(8-16(12-23)21(26)24(2)3)10-18(22)20(19)30-13-14-6-5-7-17(9-14)25(27)28/h5-11H,4,13H2,1-3H3/b16-8-. The second-order valence-corrected chi connectivity index (χ2v) is 7.20. The lowest BCUT2D eigenvalue weighted by Crippen LogP contribution is -2.22. The van der Waals surface area contributed by atoms with Crippen LogP contribution in [0.2, 0.25) is 0 Å². The molecular formula is C21H20BrN3O5. The molecule has 2 rings (SSSR count). The molecule has 9 heteroatoms. The van der Waals surface area contributed by atoms with Crippen LogP contribution in [0.4, 0.5) is 5.69 Å². The quantitative estimate of drug-likeness (QED) is 0.244. The number of carbonyl (C=O) groups is 1. The first-order valence-electron chi connectivity index (χ1n) is 8.92. The molecule has 0 bridgehead atoms. The van der Waals surface area contributed by atoms with Gasteiger partial charge in [-0.25, -0.2) is 0 Å². The van der Waals surface area contributed by atoms with E-state index in [0.29, 0.717) is 33.7 Å². The lowest BCUT2D eigenvalue weighted by atomic mass is 10.1. The van der Waals surface area contributed by atoms with Gasteiger partial charge >= 0.3 is 0 Å². The lowest BCUT2D eigenvalue weighted by molar-refractivity contribution is -0.384. The molecule has 0 unspecified atom stereocenters. The molecule has 0 saturated carbocycles. The summed E-state index contributed by atoms with van der Waals surface area (Å²) in [5.74, 6) is 0.425. The third-order valence-electron chi connectivity index (χ3n) is 3.90. The minimum Gasteiger partial charge on any atom is -0.490 e. The van der Waals surface area contributed by atoms with Crippen LogP contribution < -0.4 is 9.47 Å². The van der Waals surface area contributed by atoms with Gasteiger partial charge in [0.15, 0.2) is 11.5 Å². The fourth-order valence-corrected chi connectivity index (χ4v) is 3.11. The van der Waals surface area contributed by atoms with E-state index in [1.54, 1.807) is 38.4 Å². The van der Waals surface area contributed by atoms with Crippen LogP contribution in [0.1, 0.15) is 18.1 Å². The van der Waals surface area contributed by atoms with E-state index in [1.807, 2.05) is 13.0 Å². The second kappa shape index (κ2) is 10.4. The predicted molar refractivity (Wildman–Crippen MR) is 115 cm³/mol. The van der Waals surface area contributed by atoms with Gasteiger partial charge in [-0.2, -0.15) is 5.26 Å². The molecule has 156 valence electrons. The van der Waals surface area contributed by atoms with Gasteiger partial charge in [0.2, 0.25) is 0 Å². The number of halogens is 1. The molecule has 2 aromatic carbocycles. The topological polar surface area (TPSA) is 106 Å². The van der Waals surface area contributed by atoms with Crippen LogP contribution in [-0.4, -0.2) is 36.4 Å². The minimum atomic E-state index is -0.464. The predicted octanol–water partition coefficient (Wildman–Crippen LogP) is 4.33. The third-order valence-corrected chi connectivity index (χ3v) is 4.49. The number of nitro benzene ring substituents is 1. The highest BCUT2D eigenvalue weighted by atomic mass is 79.9. The normalized spacial score (nSPS) is 10.8. The van der Waals surface area contributed by atoms with Crippen molar-refractivity contribution in [2.45, 2.75) is 13.5 Å². The maximum atomic E-state index is 12.1. The van der Waals surface area contributed by atoms with Gasteiger partial charge in [0, 0.05) is 26.2 Å². The van der Waals surface area contributed by atoms with E-state index in [9.17, 15) is 20.2 Å². The average Bonchev–Trinajstić information content (AvgIpc) is 2.71. The zero-order chi connectivity index (χ0) is 22.3. The number of hydrogen-bond donors (Lipinski definition) is 0. The van der Waals surface area contributed by atoms with E-state index in [0.717, 1.165) is 0 Å². The van der Waals surface area contributed by atoms with Crippen LogP contribution in [0.5, 0.6) is 11.5 Å². The summed E-state index contributed by atoms with van der Waals surface area (Å²) >= 11 is 3.44. The number of non-ortho nitro benzene ring substituents is 1. The molecule has 0 radical (unpaired) electrons. The van der Waals surface area contributed by atoms with Gasteiger partial charge in [0.05, 0.1) is 16.0 Å². The Balaban J connectivity index is 2.35. The molecule has 0 atom stereocenters. The van der Waals surface area contributed by atoms with E-state index < -0.39 is 10.8 Å². The second-order valence-electron chi connectivity index (χ2n) is 6.35. The molecule has 0 aliphatic heterocycles. The zero-order valence-electron chi connectivity index (χ0n) is 16.7. The summed E-state index contributed by atoms with van der Waals surface area (Å²) in [4.78, 5) is 23.9. The van der Waals surface area contributed by atoms with Crippen molar-refractivity contribution in [3.63, 3.8) is 0 Å². The van der Waals surface area contributed by atoms with Gasteiger partial charge in [-0.15, -0.1) is 0 Å². The van der Waals surface area contributed by atoms with Crippen molar-refractivity contribution >= 4 is 33.6 Å². The Morgan fingerprint density at radius 3 is 2.63 bits per heavy atom. The Hall–Kier alpha value is -3.38. The van der Waals surface area contributed by atoms with Gasteiger partial charge in [-0.1, -0.05) is 12.1 Å². The van der Waals surface area contributed by atoms with E-state index in [4.69, 9.17) is 9.47 Å². The fraction of sp³-hybridized carbons (Fsp3) is 0.238. The fourth-order valence-electron chi connectivity index (χ4n) is 2.54. The molecule has 8 nitrogen and oxygen atoms in total. The number of benzene rings is 2. The molecule has 0 aliphatic rings. The summed E-state index contributed by atoms with van der Waals surface area (Å²) in [6, 6.07) is 11.4. The molecule has 0 heterocycles. The molecular weight excluding hydrogens is 454 g/mol. The van der Waals surface area contributed by atoms with E-state index in [-0.39, 0.29) is 17.9 Å². The van der Waals surface area contributed by atoms with Gasteiger partial charge in [-0.05, 0) is 52.2 Å². The van der Waals surface area contributed by atoms with Gasteiger partial charge in [0.25, 0.3) is 11.6 Å². The average molecular weight is 474 g/mol. The van der Waals surface area contributed by atoms with Crippen molar-refractivity contribution in [1.29, 1.82) is 5.26 Å². The number of likely N-dealkylation sites (N-methyl/N-ethyl adjacent to an activating group) is 1. The summed E-state index contributed by atoms with van der Waals surface area (Å²) in [6.45, 7) is 2.28. The summed E-state index contributed by atoms with van der Waals surface area (Å²) in [6.07, 6.45) is 1.47. The molecule has 30 heavy (non-hydrogen) atoms. The van der Waals surface area contributed by atoms with Gasteiger partial charge < -0.3 is 14.4 Å². The van der Waals surface area contributed by atoms with Crippen LogP contribution in [0.25, 0.3) is 6.08 Å². The summed E-state index contributed by atoms with van der Waals surface area (Å²) in [5, 5.41) is 20.2. The van der Waals surface area contributed by atoms with E-state index >= 15 is 0 Å². The van der Waals surface area contributed by atoms with E-state index in [2.05, 4.69) is 15.9 Å². The van der Waals surface area contributed by atoms with Gasteiger partial charge in [0.1, 0.15) is 18.2 Å². The van der Waals surface area contributed by atoms with Crippen LogP contribution in [0, 0.1) is 21.4 Å². The summed E-state index contributed by atoms with van der Waals surface area (Å²) in [7, 11) is 3.14. The van der Waals surface area contributed by atoms with Crippen LogP contribution in [0.15, 0.2) is 46.4 Å². The van der Waals surface area contributed by atoms with Crippen molar-refractivity contribution in [3.8, 4) is 17.6 Å². The number of nitriles is 1. The van der Waals surface area contributed by atoms with E-state index in [1.165, 1.54) is 23.1 Å². The van der Waals surface area contributed by atoms with Crippen LogP contribution in [-0.2, 0) is 11.4 Å². The molecule has 1 amide bonds. The maximum absolute atomic E-state index is 12.1. The Kier molecular flexibility index (Phi) is 7.95. The highest BCUT2D eigenvalue weighted by Gasteiger charge is 2.16. The number of hydrogen-bond acceptors (Lipinski definition) is 6. The smallest absolute Gasteiger partial charge is 0.269 e. The Labute approximate surface area is 182 Å². The number of nitrogens with zero attached hydrogens (tertiary/aromatic N) is 3. The number of carbonyl (C=O) groups excluding carboxylic acids is 1. The van der Waals surface area contributed by atoms with Crippen LogP contribution in [0.3, 0.4) is 0 Å². The SMILES string of the molecule is CCOc1cc(/C=C(/C#N)C(=O)N(C)C)cc(Br)c1OCc1cccc([N+](=O)[O-])c1. The minimum absolute atomic E-state index is 0.0142. The Morgan fingerprint density at radius 2 is 2.03 bits per heavy atom. The summed E-state index contributed by atoms with van der Waals surface area (Å²) in [5.41, 5.74) is 1.18. The van der Waals surface area contributed by atoms with Crippen molar-refractivity contribution in [3.05, 3.63) is 67.7 Å². The highest BCUT2D eigenvalue weighted by Crippen LogP contribution is 2.38. The Morgan fingerprint density at radius 1 is 1.30 bits per heavy atom. The first kappa shape index (κ1) is 22.9. The first-order chi connectivity index (χ1) is 14.3. The number of rotatable bonds is 8. The van der Waals surface area contributed by atoms with Gasteiger partial charge in [-0.3, -0.25) is 14.9 Å². The zero-order valence-corrected chi connectivity index (χ0v) is 18.3. The maximum Gasteiger partial charge on any atom is 0.269 e. The molecule has 0 saturated heterocycles. The monoisotopic (exact) mass is 473 g/mol. The molecule has 0 fully saturated rings. The van der Waals surface area contributed by atoms with Crippen molar-refractivity contribution in [2.24, 2.45) is 0 Å².